The molecule has 0 spiro atoms. The Morgan fingerprint density at radius 1 is 1.35 bits per heavy atom. The van der Waals surface area contributed by atoms with Crippen LogP contribution in [-0.4, -0.2) is 22.3 Å². The van der Waals surface area contributed by atoms with Crippen LogP contribution in [0.4, 0.5) is 0 Å². The van der Waals surface area contributed by atoms with E-state index in [0.29, 0.717) is 12.1 Å². The molecule has 0 amide bonds. The first kappa shape index (κ1) is 14.4. The highest BCUT2D eigenvalue weighted by Crippen LogP contribution is 2.14. The second-order valence-electron chi connectivity index (χ2n) is 4.77. The van der Waals surface area contributed by atoms with Crippen molar-refractivity contribution in [3.8, 4) is 0 Å². The lowest BCUT2D eigenvalue weighted by atomic mass is 10.0. The Hall–Kier alpha value is -0.670. The van der Waals surface area contributed by atoms with Crippen LogP contribution in [0.25, 0.3) is 0 Å². The van der Waals surface area contributed by atoms with Gasteiger partial charge >= 0.3 is 0 Å². The molecule has 3 heteroatoms. The minimum absolute atomic E-state index is 0.343. The number of rotatable bonds is 6. The van der Waals surface area contributed by atoms with Gasteiger partial charge in [-0.2, -0.15) is 0 Å². The SMILES string of the molecule is Cc1cccc(C(C)NC(C)CCS(C)=O)c1. The predicted molar refractivity (Wildman–Crippen MR) is 75.7 cm³/mol. The van der Waals surface area contributed by atoms with Gasteiger partial charge in [-0.15, -0.1) is 0 Å². The maximum Gasteiger partial charge on any atom is 0.0294 e. The van der Waals surface area contributed by atoms with Crippen molar-refractivity contribution in [2.24, 2.45) is 0 Å². The molecule has 3 unspecified atom stereocenters. The van der Waals surface area contributed by atoms with E-state index in [0.717, 1.165) is 12.2 Å². The molecule has 0 fully saturated rings. The molecule has 2 nitrogen and oxygen atoms in total. The van der Waals surface area contributed by atoms with E-state index in [2.05, 4.69) is 50.4 Å². The van der Waals surface area contributed by atoms with E-state index in [1.165, 1.54) is 11.1 Å². The zero-order valence-electron chi connectivity index (χ0n) is 11.2. The molecular formula is C14H23NOS. The van der Waals surface area contributed by atoms with Crippen molar-refractivity contribution in [2.45, 2.75) is 39.3 Å². The van der Waals surface area contributed by atoms with Crippen molar-refractivity contribution in [3.05, 3.63) is 35.4 Å². The van der Waals surface area contributed by atoms with Crippen LogP contribution in [0.1, 0.15) is 37.4 Å². The summed E-state index contributed by atoms with van der Waals surface area (Å²) in [6.45, 7) is 6.44. The van der Waals surface area contributed by atoms with Crippen molar-refractivity contribution in [3.63, 3.8) is 0 Å². The first-order valence-electron chi connectivity index (χ1n) is 6.11. The molecule has 1 N–H and O–H groups in total. The molecule has 0 bridgehead atoms. The number of aryl methyl sites for hydroxylation is 1. The van der Waals surface area contributed by atoms with Gasteiger partial charge in [0, 0.05) is 34.9 Å². The smallest absolute Gasteiger partial charge is 0.0294 e. The Bertz CT molecular complexity index is 378. The minimum atomic E-state index is -0.689. The number of nitrogens with one attached hydrogen (secondary N) is 1. The van der Waals surface area contributed by atoms with Crippen LogP contribution >= 0.6 is 0 Å². The molecule has 0 radical (unpaired) electrons. The second-order valence-corrected chi connectivity index (χ2v) is 6.32. The fourth-order valence-corrected chi connectivity index (χ4v) is 2.57. The maximum atomic E-state index is 11.0. The van der Waals surface area contributed by atoms with Crippen molar-refractivity contribution < 1.29 is 4.21 Å². The first-order chi connectivity index (χ1) is 7.99. The van der Waals surface area contributed by atoms with Gasteiger partial charge in [-0.3, -0.25) is 4.21 Å². The van der Waals surface area contributed by atoms with Crippen molar-refractivity contribution >= 4 is 10.8 Å². The van der Waals surface area contributed by atoms with Gasteiger partial charge < -0.3 is 5.32 Å². The van der Waals surface area contributed by atoms with Crippen molar-refractivity contribution in [1.82, 2.24) is 5.32 Å². The largest absolute Gasteiger partial charge is 0.308 e. The van der Waals surface area contributed by atoms with Crippen LogP contribution < -0.4 is 5.32 Å². The van der Waals surface area contributed by atoms with E-state index in [4.69, 9.17) is 0 Å². The molecule has 0 aliphatic heterocycles. The Kier molecular flexibility index (Phi) is 5.86. The molecule has 0 aliphatic rings. The summed E-state index contributed by atoms with van der Waals surface area (Å²) in [5.74, 6) is 0.773. The van der Waals surface area contributed by atoms with Gasteiger partial charge in [-0.25, -0.2) is 0 Å². The van der Waals surface area contributed by atoms with Crippen LogP contribution in [0.5, 0.6) is 0 Å². The summed E-state index contributed by atoms with van der Waals surface area (Å²) in [6.07, 6.45) is 2.72. The number of benzene rings is 1. The van der Waals surface area contributed by atoms with Crippen LogP contribution in [0, 0.1) is 6.92 Å². The Morgan fingerprint density at radius 2 is 2.06 bits per heavy atom. The topological polar surface area (TPSA) is 29.1 Å². The summed E-state index contributed by atoms with van der Waals surface area (Å²) in [6, 6.07) is 9.30. The Balaban J connectivity index is 2.48. The molecule has 1 rings (SSSR count). The summed E-state index contributed by atoms with van der Waals surface area (Å²) < 4.78 is 11.0. The van der Waals surface area contributed by atoms with Gasteiger partial charge in [0.05, 0.1) is 0 Å². The van der Waals surface area contributed by atoms with Crippen LogP contribution in [0.3, 0.4) is 0 Å². The normalized spacial score (nSPS) is 16.5. The molecular weight excluding hydrogens is 230 g/mol. The van der Waals surface area contributed by atoms with Crippen LogP contribution in [-0.2, 0) is 10.8 Å². The third-order valence-corrected chi connectivity index (χ3v) is 3.73. The van der Waals surface area contributed by atoms with Crippen molar-refractivity contribution in [1.29, 1.82) is 0 Å². The molecule has 0 heterocycles. The molecule has 0 saturated carbocycles. The number of hydrogen-bond donors (Lipinski definition) is 1. The zero-order valence-corrected chi connectivity index (χ0v) is 12.0. The maximum absolute atomic E-state index is 11.0. The zero-order chi connectivity index (χ0) is 12.8. The van der Waals surface area contributed by atoms with Crippen LogP contribution in [0.15, 0.2) is 24.3 Å². The monoisotopic (exact) mass is 253 g/mol. The summed E-state index contributed by atoms with van der Waals surface area (Å²) in [4.78, 5) is 0. The molecule has 17 heavy (non-hydrogen) atoms. The summed E-state index contributed by atoms with van der Waals surface area (Å²) >= 11 is 0. The van der Waals surface area contributed by atoms with Gasteiger partial charge in [0.2, 0.25) is 0 Å². The highest BCUT2D eigenvalue weighted by atomic mass is 32.2. The van der Waals surface area contributed by atoms with E-state index in [-0.39, 0.29) is 0 Å². The minimum Gasteiger partial charge on any atom is -0.308 e. The van der Waals surface area contributed by atoms with Gasteiger partial charge in [0.15, 0.2) is 0 Å². The van der Waals surface area contributed by atoms with E-state index < -0.39 is 10.8 Å². The fraction of sp³-hybridized carbons (Fsp3) is 0.571. The lowest BCUT2D eigenvalue weighted by molar-refractivity contribution is 0.470. The first-order valence-corrected chi connectivity index (χ1v) is 7.84. The van der Waals surface area contributed by atoms with E-state index in [1.54, 1.807) is 6.26 Å². The average Bonchev–Trinajstić information content (AvgIpc) is 2.26. The highest BCUT2D eigenvalue weighted by Gasteiger charge is 2.09. The van der Waals surface area contributed by atoms with Crippen molar-refractivity contribution in [2.75, 3.05) is 12.0 Å². The highest BCUT2D eigenvalue weighted by molar-refractivity contribution is 7.84. The van der Waals surface area contributed by atoms with E-state index >= 15 is 0 Å². The Morgan fingerprint density at radius 3 is 2.65 bits per heavy atom. The lowest BCUT2D eigenvalue weighted by Gasteiger charge is -2.20. The lowest BCUT2D eigenvalue weighted by Crippen LogP contribution is -2.30. The molecule has 0 aliphatic carbocycles. The molecule has 96 valence electrons. The quantitative estimate of drug-likeness (QED) is 0.844. The molecule has 1 aromatic rings. The van der Waals surface area contributed by atoms with Gasteiger partial charge in [-0.05, 0) is 32.8 Å². The second kappa shape index (κ2) is 6.92. The van der Waals surface area contributed by atoms with Gasteiger partial charge in [-0.1, -0.05) is 29.8 Å². The molecule has 3 atom stereocenters. The number of hydrogen-bond acceptors (Lipinski definition) is 2. The summed E-state index contributed by atoms with van der Waals surface area (Å²) in [5.41, 5.74) is 2.60. The van der Waals surface area contributed by atoms with E-state index in [9.17, 15) is 4.21 Å². The third-order valence-electron chi connectivity index (χ3n) is 2.91. The average molecular weight is 253 g/mol. The molecule has 0 aromatic heterocycles. The predicted octanol–water partition coefficient (Wildman–Crippen LogP) is 2.80. The standard InChI is InChI=1S/C14H23NOS/c1-11-6-5-7-14(10-11)13(3)15-12(2)8-9-17(4)16/h5-7,10,12-13,15H,8-9H2,1-4H3. The third kappa shape index (κ3) is 5.46. The fourth-order valence-electron chi connectivity index (χ4n) is 1.89. The van der Waals surface area contributed by atoms with Gasteiger partial charge in [0.25, 0.3) is 0 Å². The van der Waals surface area contributed by atoms with Gasteiger partial charge in [0.1, 0.15) is 0 Å². The summed E-state index contributed by atoms with van der Waals surface area (Å²) in [7, 11) is -0.689. The molecule has 0 saturated heterocycles. The Labute approximate surface area is 107 Å². The van der Waals surface area contributed by atoms with Crippen LogP contribution in [0.2, 0.25) is 0 Å². The summed E-state index contributed by atoms with van der Waals surface area (Å²) in [5, 5.41) is 3.54. The van der Waals surface area contributed by atoms with E-state index in [1.807, 2.05) is 0 Å². The molecule has 1 aromatic carbocycles.